The molecule has 28 heavy (non-hydrogen) atoms. The van der Waals surface area contributed by atoms with Crippen molar-refractivity contribution >= 4 is 28.6 Å². The SMILES string of the molecule is CO[C@@H]1C[C@H]2CN(C(=O)c3cccs3)C[C@H]2C[C@H]1n1cc(-c2ccsc2)nn1. The predicted molar refractivity (Wildman–Crippen MR) is 110 cm³/mol. The third-order valence-electron chi connectivity index (χ3n) is 6.07. The molecule has 1 saturated carbocycles. The van der Waals surface area contributed by atoms with Gasteiger partial charge in [-0.1, -0.05) is 11.3 Å². The van der Waals surface area contributed by atoms with Crippen LogP contribution in [0.3, 0.4) is 0 Å². The fourth-order valence-corrected chi connectivity index (χ4v) is 5.97. The minimum atomic E-state index is 0.0927. The van der Waals surface area contributed by atoms with Crippen molar-refractivity contribution in [2.45, 2.75) is 25.0 Å². The second-order valence-corrected chi connectivity index (χ2v) is 9.34. The minimum absolute atomic E-state index is 0.0927. The van der Waals surface area contributed by atoms with Crippen LogP contribution in [0.25, 0.3) is 11.3 Å². The Morgan fingerprint density at radius 3 is 2.79 bits per heavy atom. The quantitative estimate of drug-likeness (QED) is 0.651. The first-order valence-corrected chi connectivity index (χ1v) is 11.3. The summed E-state index contributed by atoms with van der Waals surface area (Å²) in [4.78, 5) is 15.6. The van der Waals surface area contributed by atoms with Gasteiger partial charge in [0.15, 0.2) is 0 Å². The molecule has 1 aliphatic carbocycles. The van der Waals surface area contributed by atoms with Crippen molar-refractivity contribution in [3.05, 3.63) is 45.4 Å². The van der Waals surface area contributed by atoms with E-state index in [1.807, 2.05) is 33.3 Å². The topological polar surface area (TPSA) is 60.2 Å². The third kappa shape index (κ3) is 3.19. The van der Waals surface area contributed by atoms with Crippen molar-refractivity contribution in [1.29, 1.82) is 0 Å². The second kappa shape index (κ2) is 7.42. The summed E-state index contributed by atoms with van der Waals surface area (Å²) < 4.78 is 7.82. The van der Waals surface area contributed by atoms with Crippen molar-refractivity contribution < 1.29 is 9.53 Å². The lowest BCUT2D eigenvalue weighted by Gasteiger charge is -2.36. The molecule has 0 radical (unpaired) electrons. The number of aromatic nitrogens is 3. The van der Waals surface area contributed by atoms with Gasteiger partial charge in [-0.3, -0.25) is 4.79 Å². The summed E-state index contributed by atoms with van der Waals surface area (Å²) in [5, 5.41) is 14.9. The highest BCUT2D eigenvalue weighted by atomic mass is 32.1. The minimum Gasteiger partial charge on any atom is -0.379 e. The summed E-state index contributed by atoms with van der Waals surface area (Å²) in [6, 6.07) is 6.07. The molecule has 8 heteroatoms. The highest BCUT2D eigenvalue weighted by Crippen LogP contribution is 2.42. The lowest BCUT2D eigenvalue weighted by Crippen LogP contribution is -2.37. The lowest BCUT2D eigenvalue weighted by atomic mass is 9.77. The molecule has 3 aromatic heterocycles. The zero-order valence-electron chi connectivity index (χ0n) is 15.6. The van der Waals surface area contributed by atoms with Gasteiger partial charge in [-0.05, 0) is 47.6 Å². The number of rotatable bonds is 4. The number of methoxy groups -OCH3 is 1. The van der Waals surface area contributed by atoms with Gasteiger partial charge in [0, 0.05) is 31.1 Å². The van der Waals surface area contributed by atoms with Crippen LogP contribution in [0.15, 0.2) is 40.5 Å². The number of ether oxygens (including phenoxy) is 1. The van der Waals surface area contributed by atoms with Gasteiger partial charge in [0.2, 0.25) is 0 Å². The van der Waals surface area contributed by atoms with Crippen LogP contribution < -0.4 is 0 Å². The van der Waals surface area contributed by atoms with E-state index in [1.54, 1.807) is 18.4 Å². The van der Waals surface area contributed by atoms with Crippen molar-refractivity contribution in [3.63, 3.8) is 0 Å². The molecular weight excluding hydrogens is 392 g/mol. The summed E-state index contributed by atoms with van der Waals surface area (Å²) in [5.74, 6) is 1.13. The molecule has 2 fully saturated rings. The number of amides is 1. The van der Waals surface area contributed by atoms with Crippen molar-refractivity contribution in [1.82, 2.24) is 19.9 Å². The van der Waals surface area contributed by atoms with E-state index in [9.17, 15) is 4.79 Å². The summed E-state index contributed by atoms with van der Waals surface area (Å²) in [6.45, 7) is 1.64. The van der Waals surface area contributed by atoms with Crippen LogP contribution in [0.2, 0.25) is 0 Å². The van der Waals surface area contributed by atoms with Crippen molar-refractivity contribution in [2.24, 2.45) is 11.8 Å². The number of hydrogen-bond acceptors (Lipinski definition) is 6. The maximum atomic E-state index is 12.8. The van der Waals surface area contributed by atoms with E-state index in [-0.39, 0.29) is 18.1 Å². The largest absolute Gasteiger partial charge is 0.379 e. The average molecular weight is 415 g/mol. The number of carbonyl (C=O) groups excluding carboxylic acids is 1. The van der Waals surface area contributed by atoms with Gasteiger partial charge in [-0.15, -0.1) is 16.4 Å². The highest BCUT2D eigenvalue weighted by molar-refractivity contribution is 7.12. The summed E-state index contributed by atoms with van der Waals surface area (Å²) >= 11 is 3.18. The van der Waals surface area contributed by atoms with Gasteiger partial charge >= 0.3 is 0 Å². The maximum Gasteiger partial charge on any atom is 0.263 e. The third-order valence-corrected chi connectivity index (χ3v) is 7.61. The van der Waals surface area contributed by atoms with Gasteiger partial charge in [0.05, 0.1) is 23.2 Å². The Hall–Kier alpha value is -2.03. The molecular formula is C20H22N4O2S2. The predicted octanol–water partition coefficient (Wildman–Crippen LogP) is 3.81. The van der Waals surface area contributed by atoms with Crippen molar-refractivity contribution in [3.8, 4) is 11.3 Å². The van der Waals surface area contributed by atoms with Crippen LogP contribution in [0, 0.1) is 11.8 Å². The van der Waals surface area contributed by atoms with Gasteiger partial charge in [0.25, 0.3) is 5.91 Å². The molecule has 146 valence electrons. The maximum absolute atomic E-state index is 12.8. The van der Waals surface area contributed by atoms with Crippen molar-refractivity contribution in [2.75, 3.05) is 20.2 Å². The Morgan fingerprint density at radius 1 is 1.21 bits per heavy atom. The number of likely N-dealkylation sites (tertiary alicyclic amines) is 1. The zero-order chi connectivity index (χ0) is 19.1. The molecule has 4 atom stereocenters. The van der Waals surface area contributed by atoms with Crippen LogP contribution in [0.4, 0.5) is 0 Å². The second-order valence-electron chi connectivity index (χ2n) is 7.62. The fraction of sp³-hybridized carbons (Fsp3) is 0.450. The summed E-state index contributed by atoms with van der Waals surface area (Å²) in [6.07, 6.45) is 4.04. The molecule has 0 unspecified atom stereocenters. The van der Waals surface area contributed by atoms with Crippen LogP contribution in [-0.2, 0) is 4.74 Å². The number of hydrogen-bond donors (Lipinski definition) is 0. The number of nitrogens with zero attached hydrogens (tertiary/aromatic N) is 4. The molecule has 6 nitrogen and oxygen atoms in total. The molecule has 3 aromatic rings. The molecule has 2 aliphatic rings. The van der Waals surface area contributed by atoms with Crippen LogP contribution >= 0.6 is 22.7 Å². The Balaban J connectivity index is 1.34. The Bertz CT molecular complexity index is 937. The molecule has 1 aliphatic heterocycles. The van der Waals surface area contributed by atoms with E-state index >= 15 is 0 Å². The molecule has 5 rings (SSSR count). The smallest absolute Gasteiger partial charge is 0.263 e. The van der Waals surface area contributed by atoms with E-state index in [4.69, 9.17) is 4.74 Å². The molecule has 1 amide bonds. The van der Waals surface area contributed by atoms with Crippen LogP contribution in [-0.4, -0.2) is 52.1 Å². The van der Waals surface area contributed by atoms with Gasteiger partial charge < -0.3 is 9.64 Å². The van der Waals surface area contributed by atoms with Crippen LogP contribution in [0.5, 0.6) is 0 Å². The molecule has 0 spiro atoms. The average Bonchev–Trinajstić information content (AvgIpc) is 3.51. The van der Waals surface area contributed by atoms with Gasteiger partial charge in [-0.25, -0.2) is 4.68 Å². The van der Waals surface area contributed by atoms with Gasteiger partial charge in [-0.2, -0.15) is 11.3 Å². The van der Waals surface area contributed by atoms with E-state index in [0.29, 0.717) is 11.8 Å². The normalized spacial score (nSPS) is 27.1. The lowest BCUT2D eigenvalue weighted by molar-refractivity contribution is -0.00545. The number of carbonyl (C=O) groups is 1. The Labute approximate surface area is 171 Å². The van der Waals surface area contributed by atoms with Crippen LogP contribution in [0.1, 0.15) is 28.6 Å². The molecule has 0 bridgehead atoms. The van der Waals surface area contributed by atoms with E-state index in [0.717, 1.165) is 42.1 Å². The zero-order valence-corrected chi connectivity index (χ0v) is 17.2. The summed E-state index contributed by atoms with van der Waals surface area (Å²) in [7, 11) is 1.78. The van der Waals surface area contributed by atoms with E-state index in [1.165, 1.54) is 11.3 Å². The van der Waals surface area contributed by atoms with E-state index in [2.05, 4.69) is 27.1 Å². The number of fused-ring (bicyclic) bond motifs is 1. The Morgan fingerprint density at radius 2 is 2.07 bits per heavy atom. The monoisotopic (exact) mass is 414 g/mol. The highest BCUT2D eigenvalue weighted by Gasteiger charge is 2.44. The Kier molecular flexibility index (Phi) is 4.78. The standard InChI is InChI=1S/C20H22N4O2S2/c1-26-18-8-15-10-23(20(25)19-3-2-5-28-19)9-14(15)7-17(18)24-11-16(21-22-24)13-4-6-27-12-13/h2-6,11-12,14-15,17-18H,7-10H2,1H3/t14-,15+,17-,18-/m1/s1. The first-order valence-electron chi connectivity index (χ1n) is 9.53. The first-order chi connectivity index (χ1) is 13.7. The first kappa shape index (κ1) is 18.0. The number of thiophene rings is 2. The molecule has 4 heterocycles. The molecule has 0 N–H and O–H groups in total. The van der Waals surface area contributed by atoms with Gasteiger partial charge in [0.1, 0.15) is 5.69 Å². The fourth-order valence-electron chi connectivity index (χ4n) is 4.63. The molecule has 0 aromatic carbocycles. The summed E-state index contributed by atoms with van der Waals surface area (Å²) in [5.41, 5.74) is 2.01. The molecule has 1 saturated heterocycles. The van der Waals surface area contributed by atoms with E-state index < -0.39 is 0 Å².